The minimum atomic E-state index is -0.222. The average Bonchev–Trinajstić information content (AvgIpc) is 3.48. The topological polar surface area (TPSA) is 71.4 Å². The van der Waals surface area contributed by atoms with Crippen LogP contribution in [0.4, 0.5) is 11.4 Å². The van der Waals surface area contributed by atoms with Crippen molar-refractivity contribution in [2.45, 2.75) is 19.0 Å². The first kappa shape index (κ1) is 24.0. The van der Waals surface area contributed by atoms with E-state index in [0.717, 1.165) is 27.2 Å². The first-order valence-corrected chi connectivity index (χ1v) is 12.6. The number of anilines is 2. The van der Waals surface area contributed by atoms with Crippen molar-refractivity contribution in [1.82, 2.24) is 14.9 Å². The molecule has 1 fully saturated rings. The van der Waals surface area contributed by atoms with Crippen LogP contribution in [0.2, 0.25) is 0 Å². The molecule has 1 aliphatic heterocycles. The van der Waals surface area contributed by atoms with Gasteiger partial charge < -0.3 is 24.8 Å². The number of methoxy groups -OCH3 is 1. The highest BCUT2D eigenvalue weighted by molar-refractivity contribution is 9.10. The summed E-state index contributed by atoms with van der Waals surface area (Å²) in [5.74, 6) is 0.390. The number of carbonyl (C=O) groups excluding carboxylic acids is 1. The molecule has 182 valence electrons. The molecule has 1 saturated heterocycles. The van der Waals surface area contributed by atoms with Gasteiger partial charge in [0.15, 0.2) is 5.11 Å². The summed E-state index contributed by atoms with van der Waals surface area (Å²) < 4.78 is 8.62. The van der Waals surface area contributed by atoms with Gasteiger partial charge in [-0.15, -0.1) is 0 Å². The summed E-state index contributed by atoms with van der Waals surface area (Å²) in [5.41, 5.74) is 4.34. The van der Waals surface area contributed by atoms with Gasteiger partial charge in [-0.05, 0) is 72.9 Å². The molecule has 2 aromatic heterocycles. The predicted octanol–water partition coefficient (Wildman–Crippen LogP) is 5.78. The molecular formula is C27H24BrN5O2S. The zero-order chi connectivity index (χ0) is 25.2. The highest BCUT2D eigenvalue weighted by Crippen LogP contribution is 2.43. The number of thiocarbonyl (C=S) groups is 1. The molecule has 7 nitrogen and oxygen atoms in total. The van der Waals surface area contributed by atoms with E-state index in [2.05, 4.69) is 59.2 Å². The van der Waals surface area contributed by atoms with Crippen LogP contribution in [0.5, 0.6) is 5.75 Å². The molecule has 4 aromatic rings. The molecule has 2 atom stereocenters. The third-order valence-corrected chi connectivity index (χ3v) is 6.85. The van der Waals surface area contributed by atoms with Crippen LogP contribution < -0.4 is 20.3 Å². The smallest absolute Gasteiger partial charge is 0.221 e. The summed E-state index contributed by atoms with van der Waals surface area (Å²) in [6.07, 6.45) is 3.83. The van der Waals surface area contributed by atoms with Crippen LogP contribution in [0.3, 0.4) is 0 Å². The molecule has 2 N–H and O–H groups in total. The number of aromatic nitrogens is 2. The Bertz CT molecular complexity index is 1420. The molecule has 0 unspecified atom stereocenters. The van der Waals surface area contributed by atoms with Crippen LogP contribution in [0, 0.1) is 0 Å². The molecule has 0 aliphatic carbocycles. The minimum absolute atomic E-state index is 0.181. The van der Waals surface area contributed by atoms with Gasteiger partial charge in [0, 0.05) is 40.9 Å². The van der Waals surface area contributed by atoms with E-state index in [9.17, 15) is 4.79 Å². The van der Waals surface area contributed by atoms with E-state index in [1.165, 1.54) is 6.92 Å². The maximum atomic E-state index is 11.9. The Morgan fingerprint density at radius 2 is 1.94 bits per heavy atom. The van der Waals surface area contributed by atoms with Crippen molar-refractivity contribution in [3.63, 3.8) is 0 Å². The van der Waals surface area contributed by atoms with E-state index >= 15 is 0 Å². The summed E-state index contributed by atoms with van der Waals surface area (Å²) in [5, 5.41) is 6.92. The van der Waals surface area contributed by atoms with Gasteiger partial charge in [0.2, 0.25) is 5.91 Å². The van der Waals surface area contributed by atoms with Crippen LogP contribution in [0.1, 0.15) is 30.4 Å². The van der Waals surface area contributed by atoms with E-state index in [4.69, 9.17) is 17.0 Å². The fraction of sp³-hybridized carbons (Fsp3) is 0.148. The van der Waals surface area contributed by atoms with Crippen LogP contribution >= 0.6 is 28.1 Å². The number of amides is 1. The second kappa shape index (κ2) is 10.1. The van der Waals surface area contributed by atoms with E-state index in [1.807, 2.05) is 60.8 Å². The first-order chi connectivity index (χ1) is 17.5. The molecule has 9 heteroatoms. The fourth-order valence-electron chi connectivity index (χ4n) is 4.56. The van der Waals surface area contributed by atoms with Crippen LogP contribution in [-0.4, -0.2) is 27.7 Å². The molecule has 0 bridgehead atoms. The number of rotatable bonds is 6. The molecule has 1 amide bonds. The largest absolute Gasteiger partial charge is 0.495 e. The first-order valence-electron chi connectivity index (χ1n) is 11.4. The normalized spacial score (nSPS) is 17.1. The molecule has 1 aliphatic rings. The van der Waals surface area contributed by atoms with Crippen LogP contribution in [0.15, 0.2) is 89.7 Å². The van der Waals surface area contributed by atoms with Gasteiger partial charge in [0.1, 0.15) is 11.8 Å². The number of carbonyl (C=O) groups is 1. The number of halogens is 1. The average molecular weight is 562 g/mol. The molecule has 0 saturated carbocycles. The molecule has 0 spiro atoms. The maximum Gasteiger partial charge on any atom is 0.221 e. The zero-order valence-electron chi connectivity index (χ0n) is 19.7. The van der Waals surface area contributed by atoms with E-state index in [-0.39, 0.29) is 18.0 Å². The molecular weight excluding hydrogens is 538 g/mol. The third-order valence-electron chi connectivity index (χ3n) is 6.04. The number of benzene rings is 2. The number of nitrogens with one attached hydrogen (secondary N) is 2. The molecule has 5 rings (SSSR count). The van der Waals surface area contributed by atoms with Crippen LogP contribution in [-0.2, 0) is 4.79 Å². The van der Waals surface area contributed by atoms with E-state index in [0.29, 0.717) is 16.5 Å². The summed E-state index contributed by atoms with van der Waals surface area (Å²) in [7, 11) is 1.58. The summed E-state index contributed by atoms with van der Waals surface area (Å²) in [4.78, 5) is 18.6. The van der Waals surface area contributed by atoms with Gasteiger partial charge in [-0.25, -0.2) is 0 Å². The Labute approximate surface area is 223 Å². The Balaban J connectivity index is 1.66. The summed E-state index contributed by atoms with van der Waals surface area (Å²) in [6, 6.07) is 23.4. The van der Waals surface area contributed by atoms with Crippen molar-refractivity contribution in [1.29, 1.82) is 0 Å². The second-order valence-corrected chi connectivity index (χ2v) is 9.65. The van der Waals surface area contributed by atoms with Crippen molar-refractivity contribution < 1.29 is 9.53 Å². The van der Waals surface area contributed by atoms with E-state index < -0.39 is 0 Å². The lowest BCUT2D eigenvalue weighted by molar-refractivity contribution is -0.114. The van der Waals surface area contributed by atoms with Gasteiger partial charge in [-0.2, -0.15) is 0 Å². The Morgan fingerprint density at radius 3 is 2.67 bits per heavy atom. The number of nitrogens with zero attached hydrogens (tertiary/aromatic N) is 3. The Hall–Kier alpha value is -3.69. The van der Waals surface area contributed by atoms with Gasteiger partial charge in [0.05, 0.1) is 24.5 Å². The third kappa shape index (κ3) is 4.59. The van der Waals surface area contributed by atoms with Gasteiger partial charge in [0.25, 0.3) is 0 Å². The minimum Gasteiger partial charge on any atom is -0.495 e. The monoisotopic (exact) mass is 561 g/mol. The van der Waals surface area contributed by atoms with Crippen molar-refractivity contribution in [3.8, 4) is 11.4 Å². The molecule has 36 heavy (non-hydrogen) atoms. The van der Waals surface area contributed by atoms with Gasteiger partial charge in [-0.1, -0.05) is 28.1 Å². The van der Waals surface area contributed by atoms with Crippen LogP contribution in [0.25, 0.3) is 5.69 Å². The molecule has 2 aromatic carbocycles. The predicted molar refractivity (Wildman–Crippen MR) is 149 cm³/mol. The van der Waals surface area contributed by atoms with Crippen molar-refractivity contribution >= 4 is 50.5 Å². The maximum absolute atomic E-state index is 11.9. The number of pyridine rings is 1. The Kier molecular flexibility index (Phi) is 6.75. The fourth-order valence-corrected chi connectivity index (χ4v) is 5.30. The molecule has 3 heterocycles. The summed E-state index contributed by atoms with van der Waals surface area (Å²) in [6.45, 7) is 1.47. The van der Waals surface area contributed by atoms with E-state index in [1.54, 1.807) is 13.3 Å². The Morgan fingerprint density at radius 1 is 1.08 bits per heavy atom. The lowest BCUT2D eigenvalue weighted by Crippen LogP contribution is -2.30. The van der Waals surface area contributed by atoms with Crippen molar-refractivity contribution in [2.75, 3.05) is 17.3 Å². The quantitative estimate of drug-likeness (QED) is 0.291. The lowest BCUT2D eigenvalue weighted by atomic mass is 10.0. The highest BCUT2D eigenvalue weighted by Gasteiger charge is 2.42. The zero-order valence-corrected chi connectivity index (χ0v) is 22.1. The number of ether oxygens (including phenoxy) is 1. The van der Waals surface area contributed by atoms with Gasteiger partial charge in [-0.3, -0.25) is 9.78 Å². The number of hydrogen-bond acceptors (Lipinski definition) is 4. The summed E-state index contributed by atoms with van der Waals surface area (Å²) >= 11 is 9.47. The van der Waals surface area contributed by atoms with Gasteiger partial charge >= 0.3 is 0 Å². The SMILES string of the molecule is COc1ccc(N2C(=S)N[C@H](c3ccccn3)[C@H]2c2cccn2-c2cccc(Br)c2)cc1NC(C)=O. The lowest BCUT2D eigenvalue weighted by Gasteiger charge is -2.29. The van der Waals surface area contributed by atoms with Crippen molar-refractivity contribution in [3.05, 3.63) is 101 Å². The molecule has 0 radical (unpaired) electrons. The second-order valence-electron chi connectivity index (χ2n) is 8.35. The number of hydrogen-bond donors (Lipinski definition) is 2. The van der Waals surface area contributed by atoms with Crippen molar-refractivity contribution in [2.24, 2.45) is 0 Å². The standard InChI is InChI=1S/C27H24BrN5O2S/c1-17(34)30-22-16-20(11-12-24(22)35-2)33-26(25(31-27(33)36)21-9-3-4-13-29-21)23-10-6-14-32(23)19-8-5-7-18(28)15-19/h3-16,25-26H,1-2H3,(H,30,34)(H,31,36)/t25-,26-/m1/s1. The highest BCUT2D eigenvalue weighted by atomic mass is 79.9.